The first-order valence-corrected chi connectivity index (χ1v) is 12.8. The second kappa shape index (κ2) is 10.1. The number of hydrogen-bond donors (Lipinski definition) is 0. The highest BCUT2D eigenvalue weighted by atomic mass is 32.2. The molecular formula is C22H24O6S2. The SMILES string of the molecule is C[S@](=O)c1ccc(C(=O)O[C@@H]2CCCC[C@H]2OC(=O)c2ccc([S@@](C)=O)cc2)cc1. The molecule has 160 valence electrons. The molecule has 1 aliphatic carbocycles. The number of hydrogen-bond acceptors (Lipinski definition) is 6. The molecule has 1 aliphatic rings. The van der Waals surface area contributed by atoms with E-state index in [9.17, 15) is 18.0 Å². The zero-order chi connectivity index (χ0) is 21.7. The van der Waals surface area contributed by atoms with Crippen molar-refractivity contribution >= 4 is 33.5 Å². The zero-order valence-electron chi connectivity index (χ0n) is 16.9. The fourth-order valence-electron chi connectivity index (χ4n) is 3.31. The number of benzene rings is 2. The minimum Gasteiger partial charge on any atom is -0.455 e. The van der Waals surface area contributed by atoms with Gasteiger partial charge in [0.15, 0.2) is 0 Å². The summed E-state index contributed by atoms with van der Waals surface area (Å²) >= 11 is 0. The molecule has 0 saturated heterocycles. The van der Waals surface area contributed by atoms with Gasteiger partial charge in [0, 0.05) is 43.9 Å². The average molecular weight is 449 g/mol. The van der Waals surface area contributed by atoms with Gasteiger partial charge >= 0.3 is 11.9 Å². The van der Waals surface area contributed by atoms with Crippen LogP contribution in [0, 0.1) is 0 Å². The minimum atomic E-state index is -1.12. The Hall–Kier alpha value is -2.32. The van der Waals surface area contributed by atoms with Crippen LogP contribution < -0.4 is 0 Å². The van der Waals surface area contributed by atoms with Crippen molar-refractivity contribution in [2.24, 2.45) is 0 Å². The van der Waals surface area contributed by atoms with Crippen molar-refractivity contribution in [2.45, 2.75) is 47.7 Å². The summed E-state index contributed by atoms with van der Waals surface area (Å²) < 4.78 is 34.3. The molecule has 2 aromatic carbocycles. The predicted octanol–water partition coefficient (Wildman–Crippen LogP) is 3.49. The van der Waals surface area contributed by atoms with Gasteiger partial charge in [-0.15, -0.1) is 0 Å². The molecule has 0 amide bonds. The predicted molar refractivity (Wildman–Crippen MR) is 114 cm³/mol. The first kappa shape index (κ1) is 22.4. The first-order valence-electron chi connectivity index (χ1n) is 9.64. The first-order chi connectivity index (χ1) is 14.3. The molecular weight excluding hydrogens is 424 g/mol. The van der Waals surface area contributed by atoms with E-state index in [0.717, 1.165) is 12.8 Å². The maximum atomic E-state index is 12.5. The number of esters is 2. The standard InChI is InChI=1S/C22H24O6S2/c1-29(25)17-11-7-15(8-12-17)21(23)27-19-5-3-4-6-20(19)28-22(24)16-9-13-18(14-10-16)30(2)26/h7-14,19-20H,3-6H2,1-2H3/t19-,20-,29-,30+/m1/s1. The number of ether oxygens (including phenoxy) is 2. The summed E-state index contributed by atoms with van der Waals surface area (Å²) in [6, 6.07) is 12.9. The van der Waals surface area contributed by atoms with Gasteiger partial charge in [-0.25, -0.2) is 9.59 Å². The fraction of sp³-hybridized carbons (Fsp3) is 0.364. The van der Waals surface area contributed by atoms with E-state index in [-0.39, 0.29) is 0 Å². The highest BCUT2D eigenvalue weighted by molar-refractivity contribution is 7.84. The maximum absolute atomic E-state index is 12.5. The summed E-state index contributed by atoms with van der Waals surface area (Å²) in [5.74, 6) is -0.989. The summed E-state index contributed by atoms with van der Waals surface area (Å²) in [4.78, 5) is 26.3. The van der Waals surface area contributed by atoms with Crippen molar-refractivity contribution in [1.29, 1.82) is 0 Å². The molecule has 30 heavy (non-hydrogen) atoms. The monoisotopic (exact) mass is 448 g/mol. The van der Waals surface area contributed by atoms with Crippen molar-refractivity contribution in [3.63, 3.8) is 0 Å². The smallest absolute Gasteiger partial charge is 0.338 e. The van der Waals surface area contributed by atoms with E-state index >= 15 is 0 Å². The van der Waals surface area contributed by atoms with Crippen LogP contribution in [0.4, 0.5) is 0 Å². The zero-order valence-corrected chi connectivity index (χ0v) is 18.5. The molecule has 0 N–H and O–H groups in total. The average Bonchev–Trinajstić information content (AvgIpc) is 2.75. The summed E-state index contributed by atoms with van der Waals surface area (Å²) in [7, 11) is -2.24. The highest BCUT2D eigenvalue weighted by Gasteiger charge is 2.32. The van der Waals surface area contributed by atoms with E-state index in [1.807, 2.05) is 0 Å². The second-order valence-corrected chi connectivity index (χ2v) is 9.89. The van der Waals surface area contributed by atoms with Crippen molar-refractivity contribution in [1.82, 2.24) is 0 Å². The second-order valence-electron chi connectivity index (χ2n) is 7.13. The van der Waals surface area contributed by atoms with Gasteiger partial charge in [0.25, 0.3) is 0 Å². The van der Waals surface area contributed by atoms with E-state index in [1.54, 1.807) is 61.0 Å². The Morgan fingerprint density at radius 1 is 0.700 bits per heavy atom. The number of carbonyl (C=O) groups is 2. The van der Waals surface area contributed by atoms with Crippen LogP contribution >= 0.6 is 0 Å². The third-order valence-corrected chi connectivity index (χ3v) is 6.87. The van der Waals surface area contributed by atoms with Crippen LogP contribution in [0.1, 0.15) is 46.4 Å². The molecule has 1 fully saturated rings. The van der Waals surface area contributed by atoms with Crippen molar-refractivity contribution in [2.75, 3.05) is 12.5 Å². The van der Waals surface area contributed by atoms with Gasteiger partial charge in [0.1, 0.15) is 12.2 Å². The van der Waals surface area contributed by atoms with Crippen molar-refractivity contribution < 1.29 is 27.5 Å². The Kier molecular flexibility index (Phi) is 7.55. The lowest BCUT2D eigenvalue weighted by atomic mass is 9.94. The Morgan fingerprint density at radius 2 is 1.03 bits per heavy atom. The van der Waals surface area contributed by atoms with E-state index in [2.05, 4.69) is 0 Å². The van der Waals surface area contributed by atoms with Crippen LogP contribution in [0.15, 0.2) is 58.3 Å². The molecule has 0 radical (unpaired) electrons. The Balaban J connectivity index is 1.65. The third kappa shape index (κ3) is 5.64. The van der Waals surface area contributed by atoms with Crippen LogP contribution in [-0.2, 0) is 31.1 Å². The molecule has 2 aromatic rings. The van der Waals surface area contributed by atoms with Gasteiger partial charge in [-0.3, -0.25) is 8.42 Å². The van der Waals surface area contributed by atoms with Gasteiger partial charge in [0.2, 0.25) is 0 Å². The fourth-order valence-corrected chi connectivity index (χ4v) is 4.35. The Labute approximate surface area is 180 Å². The molecule has 0 bridgehead atoms. The molecule has 0 unspecified atom stereocenters. The molecule has 8 heteroatoms. The van der Waals surface area contributed by atoms with Crippen molar-refractivity contribution in [3.05, 3.63) is 59.7 Å². The molecule has 0 heterocycles. The van der Waals surface area contributed by atoms with Crippen LogP contribution in [-0.4, -0.2) is 45.1 Å². The summed E-state index contributed by atoms with van der Waals surface area (Å²) in [6.07, 6.45) is 5.12. The lowest BCUT2D eigenvalue weighted by Crippen LogP contribution is -2.37. The van der Waals surface area contributed by atoms with Gasteiger partial charge in [-0.2, -0.15) is 0 Å². The van der Waals surface area contributed by atoms with E-state index in [1.165, 1.54) is 0 Å². The van der Waals surface area contributed by atoms with E-state index in [4.69, 9.17) is 9.47 Å². The topological polar surface area (TPSA) is 86.7 Å². The van der Waals surface area contributed by atoms with E-state index in [0.29, 0.717) is 33.8 Å². The molecule has 0 spiro atoms. The van der Waals surface area contributed by atoms with Crippen LogP contribution in [0.5, 0.6) is 0 Å². The summed E-state index contributed by atoms with van der Waals surface area (Å²) in [6.45, 7) is 0. The normalized spacial score (nSPS) is 20.7. The summed E-state index contributed by atoms with van der Waals surface area (Å²) in [5, 5.41) is 0. The van der Waals surface area contributed by atoms with Crippen LogP contribution in [0.3, 0.4) is 0 Å². The third-order valence-electron chi connectivity index (χ3n) is 5.00. The number of carbonyl (C=O) groups excluding carboxylic acids is 2. The maximum Gasteiger partial charge on any atom is 0.338 e. The molecule has 1 saturated carbocycles. The van der Waals surface area contributed by atoms with Gasteiger partial charge in [-0.1, -0.05) is 0 Å². The van der Waals surface area contributed by atoms with Gasteiger partial charge in [0.05, 0.1) is 11.1 Å². The molecule has 0 aromatic heterocycles. The molecule has 0 aliphatic heterocycles. The Morgan fingerprint density at radius 3 is 1.33 bits per heavy atom. The lowest BCUT2D eigenvalue weighted by Gasteiger charge is -2.30. The van der Waals surface area contributed by atoms with Crippen LogP contribution in [0.25, 0.3) is 0 Å². The van der Waals surface area contributed by atoms with E-state index < -0.39 is 45.7 Å². The molecule has 4 atom stereocenters. The number of rotatable bonds is 6. The molecule has 3 rings (SSSR count). The molecule has 6 nitrogen and oxygen atoms in total. The minimum absolute atomic E-state index is 0.364. The largest absolute Gasteiger partial charge is 0.455 e. The highest BCUT2D eigenvalue weighted by Crippen LogP contribution is 2.26. The van der Waals surface area contributed by atoms with Crippen molar-refractivity contribution in [3.8, 4) is 0 Å². The Bertz CT molecular complexity index is 873. The van der Waals surface area contributed by atoms with Gasteiger partial charge < -0.3 is 9.47 Å². The summed E-state index contributed by atoms with van der Waals surface area (Å²) in [5.41, 5.74) is 0.728. The quantitative estimate of drug-likeness (QED) is 0.629. The lowest BCUT2D eigenvalue weighted by molar-refractivity contribution is -0.0514. The van der Waals surface area contributed by atoms with Crippen LogP contribution in [0.2, 0.25) is 0 Å². The van der Waals surface area contributed by atoms with Gasteiger partial charge in [-0.05, 0) is 74.2 Å².